The van der Waals surface area contributed by atoms with E-state index in [9.17, 15) is 0 Å². The lowest BCUT2D eigenvalue weighted by Crippen LogP contribution is -1.98. The van der Waals surface area contributed by atoms with Gasteiger partial charge in [-0.1, -0.05) is 184 Å². The van der Waals surface area contributed by atoms with E-state index in [1.54, 1.807) is 0 Å². The highest BCUT2D eigenvalue weighted by atomic mass is 14.5. The molecule has 0 fully saturated rings. The van der Waals surface area contributed by atoms with E-state index in [0.717, 1.165) is 49.9 Å². The number of anilines is 2. The minimum Gasteiger partial charge on any atom is -0.399 e. The van der Waals surface area contributed by atoms with Gasteiger partial charge in [-0.05, 0) is 120 Å². The molecule has 2 nitrogen and oxygen atoms in total. The number of benzene rings is 4. The summed E-state index contributed by atoms with van der Waals surface area (Å²) in [6.07, 6.45) is 32.9. The number of rotatable bonds is 28. The lowest BCUT2D eigenvalue weighted by molar-refractivity contribution is 0.525. The number of hydrogen-bond acceptors (Lipinski definition) is 2. The van der Waals surface area contributed by atoms with Gasteiger partial charge in [-0.15, -0.1) is 0 Å². The average Bonchev–Trinajstić information content (AvgIpc) is 3.16. The Hall–Kier alpha value is -3.52. The Morgan fingerprint density at radius 3 is 0.887 bits per heavy atom. The van der Waals surface area contributed by atoms with Gasteiger partial charge in [-0.25, -0.2) is 0 Å². The van der Waals surface area contributed by atoms with Crippen LogP contribution in [0.5, 0.6) is 0 Å². The first-order valence-electron chi connectivity index (χ1n) is 21.9. The predicted octanol–water partition coefficient (Wildman–Crippen LogP) is 14.4. The summed E-state index contributed by atoms with van der Waals surface area (Å²) in [4.78, 5) is 0. The molecule has 0 radical (unpaired) electrons. The Bertz CT molecular complexity index is 1420. The van der Waals surface area contributed by atoms with Crippen molar-refractivity contribution in [3.05, 3.63) is 129 Å². The van der Waals surface area contributed by atoms with Crippen molar-refractivity contribution in [1.82, 2.24) is 0 Å². The zero-order valence-corrected chi connectivity index (χ0v) is 33.9. The van der Waals surface area contributed by atoms with Gasteiger partial charge in [-0.3, -0.25) is 0 Å². The minimum absolute atomic E-state index is 0.878. The van der Waals surface area contributed by atoms with Crippen molar-refractivity contribution in [2.75, 3.05) is 11.5 Å². The largest absolute Gasteiger partial charge is 0.399 e. The fourth-order valence-electron chi connectivity index (χ4n) is 8.04. The molecule has 0 aliphatic carbocycles. The van der Waals surface area contributed by atoms with Crippen LogP contribution >= 0.6 is 0 Å². The van der Waals surface area contributed by atoms with Crippen LogP contribution < -0.4 is 11.5 Å². The van der Waals surface area contributed by atoms with Crippen molar-refractivity contribution in [3.63, 3.8) is 0 Å². The predicted molar refractivity (Wildman–Crippen MR) is 234 cm³/mol. The van der Waals surface area contributed by atoms with Crippen molar-refractivity contribution < 1.29 is 0 Å². The Morgan fingerprint density at radius 2 is 0.585 bits per heavy atom. The van der Waals surface area contributed by atoms with E-state index in [-0.39, 0.29) is 0 Å². The summed E-state index contributed by atoms with van der Waals surface area (Å²) in [6, 6.07) is 31.6. The first-order chi connectivity index (χ1) is 26.0. The van der Waals surface area contributed by atoms with Gasteiger partial charge in [0.2, 0.25) is 0 Å². The van der Waals surface area contributed by atoms with Gasteiger partial charge >= 0.3 is 0 Å². The second kappa shape index (κ2) is 25.5. The monoisotopic (exact) mass is 715 g/mol. The quantitative estimate of drug-likeness (QED) is 0.0454. The normalized spacial score (nSPS) is 11.4. The zero-order valence-electron chi connectivity index (χ0n) is 33.9. The summed E-state index contributed by atoms with van der Waals surface area (Å²) in [5.74, 6) is 0. The van der Waals surface area contributed by atoms with Gasteiger partial charge < -0.3 is 11.5 Å². The van der Waals surface area contributed by atoms with E-state index in [0.29, 0.717) is 0 Å². The van der Waals surface area contributed by atoms with Crippen LogP contribution in [-0.4, -0.2) is 0 Å². The number of unbranched alkanes of at least 4 members (excludes halogenated alkanes) is 16. The van der Waals surface area contributed by atoms with E-state index < -0.39 is 0 Å². The van der Waals surface area contributed by atoms with E-state index >= 15 is 0 Å². The average molecular weight is 715 g/mol. The molecule has 4 rings (SSSR count). The zero-order chi connectivity index (χ0) is 37.4. The molecule has 4 N–H and O–H groups in total. The third-order valence-corrected chi connectivity index (χ3v) is 11.3. The number of nitrogens with two attached hydrogens (primary N) is 2. The standard InChI is InChI=1S/C51H74N2/c1-3-22-46-40-50(52)36-34-48(46)38-44-30-26-42(27-31-44)24-20-18-16-14-12-10-8-6-5-7-9-11-13-15-17-19-21-25-43-28-32-45(33-29-43)39-49-35-37-51(53)41-47(49)23-4-2/h26-37,40-41H,3-25,38-39,52-53H2,1-2H3. The van der Waals surface area contributed by atoms with E-state index in [1.807, 2.05) is 12.1 Å². The third kappa shape index (κ3) is 17.0. The molecule has 0 spiro atoms. The van der Waals surface area contributed by atoms with Crippen molar-refractivity contribution in [1.29, 1.82) is 0 Å². The first kappa shape index (κ1) is 42.2. The van der Waals surface area contributed by atoms with Crippen molar-refractivity contribution >= 4 is 11.4 Å². The van der Waals surface area contributed by atoms with Gasteiger partial charge in [0.1, 0.15) is 0 Å². The highest BCUT2D eigenvalue weighted by molar-refractivity contribution is 5.47. The molecule has 0 aromatic heterocycles. The minimum atomic E-state index is 0.878. The maximum atomic E-state index is 6.04. The second-order valence-corrected chi connectivity index (χ2v) is 16.1. The van der Waals surface area contributed by atoms with Crippen LogP contribution in [0.3, 0.4) is 0 Å². The summed E-state index contributed by atoms with van der Waals surface area (Å²) in [6.45, 7) is 4.48. The first-order valence-corrected chi connectivity index (χ1v) is 21.9. The van der Waals surface area contributed by atoms with Crippen LogP contribution in [0.1, 0.15) is 180 Å². The van der Waals surface area contributed by atoms with E-state index in [2.05, 4.69) is 86.6 Å². The molecule has 0 amide bonds. The Balaban J connectivity index is 0.900. The maximum absolute atomic E-state index is 6.04. The molecular weight excluding hydrogens is 641 g/mol. The molecule has 4 aromatic rings. The summed E-state index contributed by atoms with van der Waals surface area (Å²) < 4.78 is 0. The summed E-state index contributed by atoms with van der Waals surface area (Å²) >= 11 is 0. The molecule has 0 atom stereocenters. The third-order valence-electron chi connectivity index (χ3n) is 11.3. The molecule has 288 valence electrons. The SMILES string of the molecule is CCCc1cc(N)ccc1Cc1ccc(CCCCCCCCCCCCCCCCCCCc2ccc(Cc3ccc(N)cc3CCC)cc2)cc1. The smallest absolute Gasteiger partial charge is 0.0316 e. The molecule has 4 aromatic carbocycles. The van der Waals surface area contributed by atoms with Crippen molar-refractivity contribution in [2.45, 2.75) is 174 Å². The highest BCUT2D eigenvalue weighted by Gasteiger charge is 2.07. The summed E-state index contributed by atoms with van der Waals surface area (Å²) in [5, 5.41) is 0. The van der Waals surface area contributed by atoms with E-state index in [1.165, 1.54) is 167 Å². The Kier molecular flexibility index (Phi) is 20.3. The molecule has 0 aliphatic rings. The molecule has 0 aliphatic heterocycles. The molecule has 53 heavy (non-hydrogen) atoms. The van der Waals surface area contributed by atoms with Crippen LogP contribution in [0.2, 0.25) is 0 Å². The van der Waals surface area contributed by atoms with Crippen LogP contribution in [0.15, 0.2) is 84.9 Å². The molecule has 0 unspecified atom stereocenters. The van der Waals surface area contributed by atoms with Crippen molar-refractivity contribution in [2.24, 2.45) is 0 Å². The fraction of sp³-hybridized carbons (Fsp3) is 0.529. The van der Waals surface area contributed by atoms with Gasteiger partial charge in [0.15, 0.2) is 0 Å². The maximum Gasteiger partial charge on any atom is 0.0316 e. The van der Waals surface area contributed by atoms with E-state index in [4.69, 9.17) is 11.5 Å². The number of aryl methyl sites for hydroxylation is 4. The Labute approximate surface area is 325 Å². The van der Waals surface area contributed by atoms with Crippen LogP contribution in [0, 0.1) is 0 Å². The Morgan fingerprint density at radius 1 is 0.302 bits per heavy atom. The lowest BCUT2D eigenvalue weighted by atomic mass is 9.95. The lowest BCUT2D eigenvalue weighted by Gasteiger charge is -2.11. The summed E-state index contributed by atoms with van der Waals surface area (Å²) in [7, 11) is 0. The van der Waals surface area contributed by atoms with Gasteiger partial charge in [0, 0.05) is 11.4 Å². The summed E-state index contributed by atoms with van der Waals surface area (Å²) in [5.41, 5.74) is 25.3. The van der Waals surface area contributed by atoms with Gasteiger partial charge in [-0.2, -0.15) is 0 Å². The second-order valence-electron chi connectivity index (χ2n) is 16.1. The number of nitrogen functional groups attached to an aromatic ring is 2. The molecule has 0 bridgehead atoms. The molecule has 0 saturated heterocycles. The van der Waals surface area contributed by atoms with Crippen molar-refractivity contribution in [3.8, 4) is 0 Å². The van der Waals surface area contributed by atoms with Crippen LogP contribution in [0.25, 0.3) is 0 Å². The molecule has 2 heteroatoms. The topological polar surface area (TPSA) is 52.0 Å². The van der Waals surface area contributed by atoms with Gasteiger partial charge in [0.05, 0.1) is 0 Å². The van der Waals surface area contributed by atoms with Gasteiger partial charge in [0.25, 0.3) is 0 Å². The highest BCUT2D eigenvalue weighted by Crippen LogP contribution is 2.22. The van der Waals surface area contributed by atoms with Crippen LogP contribution in [0.4, 0.5) is 11.4 Å². The fourth-order valence-corrected chi connectivity index (χ4v) is 8.04. The number of hydrogen-bond donors (Lipinski definition) is 2. The van der Waals surface area contributed by atoms with Crippen LogP contribution in [-0.2, 0) is 38.5 Å². The molecule has 0 heterocycles. The molecular formula is C51H74N2. The molecule has 0 saturated carbocycles.